The van der Waals surface area contributed by atoms with E-state index in [-0.39, 0.29) is 6.54 Å². The van der Waals surface area contributed by atoms with Crippen LogP contribution in [0.25, 0.3) is 0 Å². The minimum Gasteiger partial charge on any atom is -0.260 e. The SMILES string of the molecule is Cc1cc(I)ccc1S(=O)(=O)NCc1ccccn1. The van der Waals surface area contributed by atoms with E-state index in [9.17, 15) is 8.42 Å². The van der Waals surface area contributed by atoms with Crippen LogP contribution in [-0.4, -0.2) is 13.4 Å². The number of aromatic nitrogens is 1. The molecular weight excluding hydrogens is 375 g/mol. The lowest BCUT2D eigenvalue weighted by Crippen LogP contribution is -2.24. The highest BCUT2D eigenvalue weighted by Gasteiger charge is 2.16. The molecule has 0 bridgehead atoms. The molecule has 0 radical (unpaired) electrons. The topological polar surface area (TPSA) is 59.1 Å². The van der Waals surface area contributed by atoms with E-state index in [0.29, 0.717) is 10.6 Å². The summed E-state index contributed by atoms with van der Waals surface area (Å²) in [6.45, 7) is 1.98. The zero-order valence-corrected chi connectivity index (χ0v) is 13.3. The van der Waals surface area contributed by atoms with E-state index in [4.69, 9.17) is 0 Å². The molecule has 1 aromatic heterocycles. The minimum atomic E-state index is -3.50. The molecule has 0 amide bonds. The number of pyridine rings is 1. The van der Waals surface area contributed by atoms with Crippen LogP contribution >= 0.6 is 22.6 Å². The Hall–Kier alpha value is -0.990. The van der Waals surface area contributed by atoms with Gasteiger partial charge in [-0.1, -0.05) is 6.07 Å². The van der Waals surface area contributed by atoms with E-state index < -0.39 is 10.0 Å². The molecule has 0 aliphatic carbocycles. The summed E-state index contributed by atoms with van der Waals surface area (Å²) in [7, 11) is -3.50. The van der Waals surface area contributed by atoms with Gasteiger partial charge in [-0.15, -0.1) is 0 Å². The standard InChI is InChI=1S/C13H13IN2O2S/c1-10-8-11(14)5-6-13(10)19(17,18)16-9-12-4-2-3-7-15-12/h2-8,16H,9H2,1H3. The maximum atomic E-state index is 12.2. The molecule has 2 aromatic rings. The van der Waals surface area contributed by atoms with Gasteiger partial charge in [0, 0.05) is 9.77 Å². The van der Waals surface area contributed by atoms with Gasteiger partial charge in [0.15, 0.2) is 0 Å². The summed E-state index contributed by atoms with van der Waals surface area (Å²) in [5.74, 6) is 0. The first kappa shape index (κ1) is 14.4. The van der Waals surface area contributed by atoms with Crippen molar-refractivity contribution in [2.24, 2.45) is 0 Å². The molecule has 0 spiro atoms. The molecule has 2 rings (SSSR count). The lowest BCUT2D eigenvalue weighted by molar-refractivity contribution is 0.580. The van der Waals surface area contributed by atoms with Crippen LogP contribution < -0.4 is 4.72 Å². The fourth-order valence-electron chi connectivity index (χ4n) is 1.66. The smallest absolute Gasteiger partial charge is 0.241 e. The van der Waals surface area contributed by atoms with Crippen LogP contribution in [0.15, 0.2) is 47.5 Å². The fraction of sp³-hybridized carbons (Fsp3) is 0.154. The summed E-state index contributed by atoms with van der Waals surface area (Å²) < 4.78 is 28.0. The van der Waals surface area contributed by atoms with Gasteiger partial charge in [-0.3, -0.25) is 4.98 Å². The number of rotatable bonds is 4. The van der Waals surface area contributed by atoms with Gasteiger partial charge >= 0.3 is 0 Å². The molecule has 1 heterocycles. The van der Waals surface area contributed by atoms with E-state index in [2.05, 4.69) is 32.3 Å². The van der Waals surface area contributed by atoms with Crippen LogP contribution in [0, 0.1) is 10.5 Å². The summed E-state index contributed by atoms with van der Waals surface area (Å²) in [6.07, 6.45) is 1.64. The molecule has 1 N–H and O–H groups in total. The molecular formula is C13H13IN2O2S. The predicted molar refractivity (Wildman–Crippen MR) is 82.2 cm³/mol. The summed E-state index contributed by atoms with van der Waals surface area (Å²) in [6, 6.07) is 10.6. The number of hydrogen-bond acceptors (Lipinski definition) is 3. The minimum absolute atomic E-state index is 0.189. The first-order valence-electron chi connectivity index (χ1n) is 5.65. The number of hydrogen-bond donors (Lipinski definition) is 1. The molecule has 0 saturated carbocycles. The van der Waals surface area contributed by atoms with Gasteiger partial charge in [0.25, 0.3) is 0 Å². The van der Waals surface area contributed by atoms with Crippen LogP contribution in [-0.2, 0) is 16.6 Å². The van der Waals surface area contributed by atoms with Crippen molar-refractivity contribution in [3.8, 4) is 0 Å². The number of nitrogens with zero attached hydrogens (tertiary/aromatic N) is 1. The normalized spacial score (nSPS) is 11.5. The third kappa shape index (κ3) is 3.74. The van der Waals surface area contributed by atoms with Gasteiger partial charge in [-0.25, -0.2) is 13.1 Å². The second kappa shape index (κ2) is 5.98. The van der Waals surface area contributed by atoms with Gasteiger partial charge in [0.1, 0.15) is 0 Å². The lowest BCUT2D eigenvalue weighted by Gasteiger charge is -2.09. The van der Waals surface area contributed by atoms with Gasteiger partial charge in [0.2, 0.25) is 10.0 Å². The first-order chi connectivity index (χ1) is 8.99. The maximum absolute atomic E-state index is 12.2. The van der Waals surface area contributed by atoms with Crippen molar-refractivity contribution < 1.29 is 8.42 Å². The molecule has 0 aliphatic rings. The van der Waals surface area contributed by atoms with Crippen molar-refractivity contribution in [3.63, 3.8) is 0 Å². The lowest BCUT2D eigenvalue weighted by atomic mass is 10.2. The van der Waals surface area contributed by atoms with Crippen LogP contribution in [0.1, 0.15) is 11.3 Å². The largest absolute Gasteiger partial charge is 0.260 e. The van der Waals surface area contributed by atoms with Crippen molar-refractivity contribution in [2.45, 2.75) is 18.4 Å². The zero-order chi connectivity index (χ0) is 13.9. The Morgan fingerprint density at radius 3 is 2.68 bits per heavy atom. The Morgan fingerprint density at radius 2 is 2.05 bits per heavy atom. The van der Waals surface area contributed by atoms with Crippen LogP contribution in [0.4, 0.5) is 0 Å². The van der Waals surface area contributed by atoms with Gasteiger partial charge < -0.3 is 0 Å². The molecule has 19 heavy (non-hydrogen) atoms. The Kier molecular flexibility index (Phi) is 4.54. The summed E-state index contributed by atoms with van der Waals surface area (Å²) >= 11 is 2.16. The van der Waals surface area contributed by atoms with E-state index in [1.165, 1.54) is 0 Å². The average molecular weight is 388 g/mol. The Labute approximate surface area is 126 Å². The van der Waals surface area contributed by atoms with E-state index in [0.717, 1.165) is 9.13 Å². The zero-order valence-electron chi connectivity index (χ0n) is 10.3. The molecule has 0 unspecified atom stereocenters. The van der Waals surface area contributed by atoms with Crippen molar-refractivity contribution in [1.29, 1.82) is 0 Å². The Bertz CT molecular complexity index is 672. The molecule has 100 valence electrons. The second-order valence-corrected chi connectivity index (χ2v) is 7.04. The number of halogens is 1. The summed E-state index contributed by atoms with van der Waals surface area (Å²) in [5, 5.41) is 0. The number of nitrogens with one attached hydrogen (secondary N) is 1. The van der Waals surface area contributed by atoms with Gasteiger partial charge in [-0.2, -0.15) is 0 Å². The highest BCUT2D eigenvalue weighted by molar-refractivity contribution is 14.1. The van der Waals surface area contributed by atoms with Crippen LogP contribution in [0.3, 0.4) is 0 Å². The van der Waals surface area contributed by atoms with Crippen molar-refractivity contribution in [2.75, 3.05) is 0 Å². The summed E-state index contributed by atoms with van der Waals surface area (Å²) in [5.41, 5.74) is 1.43. The quantitative estimate of drug-likeness (QED) is 0.819. The monoisotopic (exact) mass is 388 g/mol. The number of sulfonamides is 1. The summed E-state index contributed by atoms with van der Waals surface area (Å²) in [4.78, 5) is 4.39. The predicted octanol–water partition coefficient (Wildman–Crippen LogP) is 2.47. The maximum Gasteiger partial charge on any atom is 0.241 e. The molecule has 0 fully saturated rings. The highest BCUT2D eigenvalue weighted by Crippen LogP contribution is 2.17. The van der Waals surface area contributed by atoms with Gasteiger partial charge in [-0.05, 0) is 65.4 Å². The first-order valence-corrected chi connectivity index (χ1v) is 8.21. The van der Waals surface area contributed by atoms with Crippen molar-refractivity contribution in [3.05, 3.63) is 57.4 Å². The molecule has 1 aromatic carbocycles. The van der Waals surface area contributed by atoms with E-state index >= 15 is 0 Å². The molecule has 0 atom stereocenters. The van der Waals surface area contributed by atoms with E-state index in [1.807, 2.05) is 12.1 Å². The van der Waals surface area contributed by atoms with Crippen molar-refractivity contribution >= 4 is 32.6 Å². The second-order valence-electron chi connectivity index (χ2n) is 4.06. The molecule has 4 nitrogen and oxygen atoms in total. The number of aryl methyl sites for hydroxylation is 1. The van der Waals surface area contributed by atoms with Gasteiger partial charge in [0.05, 0.1) is 17.1 Å². The molecule has 6 heteroatoms. The Morgan fingerprint density at radius 1 is 1.26 bits per heavy atom. The highest BCUT2D eigenvalue weighted by atomic mass is 127. The molecule has 0 saturated heterocycles. The van der Waals surface area contributed by atoms with E-state index in [1.54, 1.807) is 37.4 Å². The van der Waals surface area contributed by atoms with Crippen molar-refractivity contribution in [1.82, 2.24) is 9.71 Å². The fourth-order valence-corrected chi connectivity index (χ4v) is 3.53. The number of benzene rings is 1. The average Bonchev–Trinajstić information content (AvgIpc) is 2.37. The van der Waals surface area contributed by atoms with Crippen LogP contribution in [0.5, 0.6) is 0 Å². The van der Waals surface area contributed by atoms with Crippen LogP contribution in [0.2, 0.25) is 0 Å². The third-order valence-electron chi connectivity index (χ3n) is 2.60. The molecule has 0 aliphatic heterocycles. The third-order valence-corrected chi connectivity index (χ3v) is 4.83. The Balaban J connectivity index is 2.19.